The Labute approximate surface area is 197 Å². The van der Waals surface area contributed by atoms with Gasteiger partial charge in [-0.15, -0.1) is 0 Å². The standard InChI is InChI=1S/C26H25N5O3/c1-19-15-23(29-34-19)27-24(32)18-30(2)25(33)14-13-22-17-31(16-20-9-5-3-6-10-20)28-26(22)21-11-7-4-8-12-21/h3-15,17H,16,18H2,1-2H3,(H,27,29,32)/b14-13+. The topological polar surface area (TPSA) is 93.3 Å². The summed E-state index contributed by atoms with van der Waals surface area (Å²) in [5, 5.41) is 11.1. The van der Waals surface area contributed by atoms with E-state index in [-0.39, 0.29) is 18.4 Å². The molecule has 0 spiro atoms. The van der Waals surface area contributed by atoms with Gasteiger partial charge in [0.05, 0.1) is 18.8 Å². The molecular formula is C26H25N5O3. The van der Waals surface area contributed by atoms with Crippen LogP contribution in [0.25, 0.3) is 17.3 Å². The molecule has 0 bridgehead atoms. The summed E-state index contributed by atoms with van der Waals surface area (Å²) in [6.07, 6.45) is 5.09. The summed E-state index contributed by atoms with van der Waals surface area (Å²) in [5.74, 6) is 0.237. The molecule has 0 unspecified atom stereocenters. The minimum Gasteiger partial charge on any atom is -0.360 e. The SMILES string of the molecule is Cc1cc(NC(=O)CN(C)C(=O)/C=C/c2cn(Cc3ccccc3)nc2-c2ccccc2)no1. The molecule has 1 N–H and O–H groups in total. The first-order chi connectivity index (χ1) is 16.5. The number of hydrogen-bond donors (Lipinski definition) is 1. The molecule has 0 atom stereocenters. The number of amides is 2. The van der Waals surface area contributed by atoms with E-state index in [1.54, 1.807) is 26.1 Å². The van der Waals surface area contributed by atoms with E-state index in [9.17, 15) is 9.59 Å². The summed E-state index contributed by atoms with van der Waals surface area (Å²) in [6.45, 7) is 2.23. The van der Waals surface area contributed by atoms with Crippen molar-refractivity contribution in [3.8, 4) is 11.3 Å². The van der Waals surface area contributed by atoms with Crippen LogP contribution in [0.15, 0.2) is 83.5 Å². The molecule has 0 radical (unpaired) electrons. The lowest BCUT2D eigenvalue weighted by Crippen LogP contribution is -2.33. The van der Waals surface area contributed by atoms with Crippen LogP contribution in [-0.4, -0.2) is 45.2 Å². The van der Waals surface area contributed by atoms with Crippen LogP contribution in [0, 0.1) is 6.92 Å². The van der Waals surface area contributed by atoms with E-state index in [0.29, 0.717) is 18.1 Å². The molecule has 2 heterocycles. The van der Waals surface area contributed by atoms with Crippen LogP contribution >= 0.6 is 0 Å². The molecule has 8 heteroatoms. The molecular weight excluding hydrogens is 430 g/mol. The summed E-state index contributed by atoms with van der Waals surface area (Å²) >= 11 is 0. The molecule has 172 valence electrons. The van der Waals surface area contributed by atoms with E-state index >= 15 is 0 Å². The first-order valence-electron chi connectivity index (χ1n) is 10.8. The average Bonchev–Trinajstić information content (AvgIpc) is 3.44. The van der Waals surface area contributed by atoms with Crippen LogP contribution in [0.3, 0.4) is 0 Å². The molecule has 2 amide bonds. The van der Waals surface area contributed by atoms with Crippen molar-refractivity contribution >= 4 is 23.7 Å². The van der Waals surface area contributed by atoms with Gasteiger partial charge in [-0.3, -0.25) is 14.3 Å². The normalized spacial score (nSPS) is 11.0. The number of nitrogens with one attached hydrogen (secondary N) is 1. The highest BCUT2D eigenvalue weighted by atomic mass is 16.5. The highest BCUT2D eigenvalue weighted by Crippen LogP contribution is 2.23. The van der Waals surface area contributed by atoms with Crippen LogP contribution in [0.1, 0.15) is 16.9 Å². The van der Waals surface area contributed by atoms with Crippen LogP contribution in [-0.2, 0) is 16.1 Å². The molecule has 34 heavy (non-hydrogen) atoms. The number of aromatic nitrogens is 3. The van der Waals surface area contributed by atoms with Crippen molar-refractivity contribution in [2.24, 2.45) is 0 Å². The van der Waals surface area contributed by atoms with E-state index in [4.69, 9.17) is 9.62 Å². The predicted octanol–water partition coefficient (Wildman–Crippen LogP) is 4.01. The van der Waals surface area contributed by atoms with Gasteiger partial charge in [0.2, 0.25) is 11.8 Å². The molecule has 4 rings (SSSR count). The van der Waals surface area contributed by atoms with Gasteiger partial charge >= 0.3 is 0 Å². The largest absolute Gasteiger partial charge is 0.360 e. The van der Waals surface area contributed by atoms with Crippen molar-refractivity contribution < 1.29 is 14.1 Å². The fourth-order valence-electron chi connectivity index (χ4n) is 3.42. The van der Waals surface area contributed by atoms with E-state index in [1.807, 2.05) is 71.5 Å². The Morgan fingerprint density at radius 1 is 1.09 bits per heavy atom. The molecule has 0 saturated carbocycles. The van der Waals surface area contributed by atoms with Crippen molar-refractivity contribution in [2.45, 2.75) is 13.5 Å². The van der Waals surface area contributed by atoms with Crippen LogP contribution in [0.4, 0.5) is 5.82 Å². The highest BCUT2D eigenvalue weighted by Gasteiger charge is 2.14. The molecule has 0 aliphatic carbocycles. The maximum absolute atomic E-state index is 12.7. The van der Waals surface area contributed by atoms with Crippen molar-refractivity contribution in [3.63, 3.8) is 0 Å². The number of hydrogen-bond acceptors (Lipinski definition) is 5. The summed E-state index contributed by atoms with van der Waals surface area (Å²) in [6, 6.07) is 21.5. The zero-order valence-electron chi connectivity index (χ0n) is 19.0. The van der Waals surface area contributed by atoms with Gasteiger partial charge < -0.3 is 14.7 Å². The number of carbonyl (C=O) groups excluding carboxylic acids is 2. The van der Waals surface area contributed by atoms with E-state index in [1.165, 1.54) is 11.0 Å². The van der Waals surface area contributed by atoms with Gasteiger partial charge in [-0.25, -0.2) is 0 Å². The number of carbonyl (C=O) groups is 2. The number of benzene rings is 2. The lowest BCUT2D eigenvalue weighted by Gasteiger charge is -2.13. The Kier molecular flexibility index (Phi) is 6.98. The zero-order chi connectivity index (χ0) is 23.9. The van der Waals surface area contributed by atoms with E-state index in [2.05, 4.69) is 10.5 Å². The number of nitrogens with zero attached hydrogens (tertiary/aromatic N) is 4. The lowest BCUT2D eigenvalue weighted by atomic mass is 10.1. The second-order valence-corrected chi connectivity index (χ2v) is 7.88. The summed E-state index contributed by atoms with van der Waals surface area (Å²) < 4.78 is 6.79. The van der Waals surface area contributed by atoms with E-state index in [0.717, 1.165) is 22.4 Å². The summed E-state index contributed by atoms with van der Waals surface area (Å²) in [7, 11) is 1.57. The Balaban J connectivity index is 1.48. The molecule has 2 aromatic carbocycles. The third-order valence-corrected chi connectivity index (χ3v) is 5.08. The maximum atomic E-state index is 12.7. The first kappa shape index (κ1) is 22.7. The number of anilines is 1. The van der Waals surface area contributed by atoms with Crippen molar-refractivity contribution in [1.82, 2.24) is 19.8 Å². The molecule has 0 saturated heterocycles. The van der Waals surface area contributed by atoms with Gasteiger partial charge in [0.1, 0.15) is 5.76 Å². The molecule has 2 aromatic heterocycles. The summed E-state index contributed by atoms with van der Waals surface area (Å²) in [4.78, 5) is 26.2. The monoisotopic (exact) mass is 455 g/mol. The second-order valence-electron chi connectivity index (χ2n) is 7.88. The fraction of sp³-hybridized carbons (Fsp3) is 0.154. The molecule has 4 aromatic rings. The van der Waals surface area contributed by atoms with Gasteiger partial charge in [0.15, 0.2) is 5.82 Å². The van der Waals surface area contributed by atoms with Crippen molar-refractivity contribution in [1.29, 1.82) is 0 Å². The third-order valence-electron chi connectivity index (χ3n) is 5.08. The van der Waals surface area contributed by atoms with Crippen LogP contribution in [0.5, 0.6) is 0 Å². The number of likely N-dealkylation sites (N-methyl/N-ethyl adjacent to an activating group) is 1. The average molecular weight is 456 g/mol. The van der Waals surface area contributed by atoms with Gasteiger partial charge in [-0.2, -0.15) is 5.10 Å². The Morgan fingerprint density at radius 3 is 2.47 bits per heavy atom. The molecule has 0 fully saturated rings. The molecule has 8 nitrogen and oxygen atoms in total. The number of rotatable bonds is 8. The van der Waals surface area contributed by atoms with Gasteiger partial charge in [0.25, 0.3) is 0 Å². The van der Waals surface area contributed by atoms with Crippen LogP contribution in [0.2, 0.25) is 0 Å². The van der Waals surface area contributed by atoms with Crippen molar-refractivity contribution in [2.75, 3.05) is 18.9 Å². The predicted molar refractivity (Wildman–Crippen MR) is 130 cm³/mol. The van der Waals surface area contributed by atoms with Gasteiger partial charge in [0, 0.05) is 36.5 Å². The third kappa shape index (κ3) is 5.86. The van der Waals surface area contributed by atoms with Gasteiger partial charge in [-0.1, -0.05) is 65.8 Å². The second kappa shape index (κ2) is 10.4. The summed E-state index contributed by atoms with van der Waals surface area (Å²) in [5.41, 5.74) is 3.68. The highest BCUT2D eigenvalue weighted by molar-refractivity contribution is 5.97. The Hall–Kier alpha value is -4.46. The Morgan fingerprint density at radius 2 is 1.79 bits per heavy atom. The Bertz CT molecular complexity index is 1290. The minimum atomic E-state index is -0.363. The quantitative estimate of drug-likeness (QED) is 0.405. The van der Waals surface area contributed by atoms with Crippen molar-refractivity contribution in [3.05, 3.63) is 95.9 Å². The van der Waals surface area contributed by atoms with Crippen LogP contribution < -0.4 is 5.32 Å². The van der Waals surface area contributed by atoms with Gasteiger partial charge in [-0.05, 0) is 18.6 Å². The number of aryl methyl sites for hydroxylation is 1. The minimum absolute atomic E-state index is 0.117. The molecule has 0 aliphatic heterocycles. The zero-order valence-corrected chi connectivity index (χ0v) is 19.0. The lowest BCUT2D eigenvalue weighted by molar-refractivity contribution is -0.129. The van der Waals surface area contributed by atoms with E-state index < -0.39 is 0 Å². The smallest absolute Gasteiger partial charge is 0.246 e. The molecule has 0 aliphatic rings. The fourth-order valence-corrected chi connectivity index (χ4v) is 3.42. The first-order valence-corrected chi connectivity index (χ1v) is 10.8. The maximum Gasteiger partial charge on any atom is 0.246 e.